The van der Waals surface area contributed by atoms with Crippen molar-refractivity contribution >= 4 is 23.1 Å². The minimum Gasteiger partial charge on any atom is -0.298 e. The number of ketones is 4. The molecule has 0 aromatic carbocycles. The van der Waals surface area contributed by atoms with Crippen molar-refractivity contribution in [3.05, 3.63) is 0 Å². The highest BCUT2D eigenvalue weighted by molar-refractivity contribution is 6.30. The molecule has 2 aliphatic rings. The second-order valence-electron chi connectivity index (χ2n) is 7.82. The third kappa shape index (κ3) is 1.88. The Kier molecular flexibility index (Phi) is 3.42. The van der Waals surface area contributed by atoms with Gasteiger partial charge in [-0.25, -0.2) is 0 Å². The first-order chi connectivity index (χ1) is 8.62. The fourth-order valence-corrected chi connectivity index (χ4v) is 3.41. The quantitative estimate of drug-likeness (QED) is 0.639. The smallest absolute Gasteiger partial charge is 0.158 e. The second-order valence-corrected chi connectivity index (χ2v) is 7.82. The highest BCUT2D eigenvalue weighted by Crippen LogP contribution is 2.46. The largest absolute Gasteiger partial charge is 0.298 e. The van der Waals surface area contributed by atoms with Crippen LogP contribution < -0.4 is 0 Å². The topological polar surface area (TPSA) is 68.3 Å². The zero-order valence-electron chi connectivity index (χ0n) is 13.6. The van der Waals surface area contributed by atoms with Crippen LogP contribution in [0.15, 0.2) is 0 Å². The van der Waals surface area contributed by atoms with Crippen molar-refractivity contribution < 1.29 is 19.2 Å². The van der Waals surface area contributed by atoms with Crippen molar-refractivity contribution in [3.8, 4) is 0 Å². The molecule has 0 heterocycles. The summed E-state index contributed by atoms with van der Waals surface area (Å²) in [5.41, 5.74) is -2.82. The Hall–Kier alpha value is -1.32. The minimum atomic E-state index is -0.705. The highest BCUT2D eigenvalue weighted by Gasteiger charge is 2.61. The van der Waals surface area contributed by atoms with Crippen LogP contribution >= 0.6 is 0 Å². The van der Waals surface area contributed by atoms with E-state index in [0.717, 1.165) is 0 Å². The van der Waals surface area contributed by atoms with E-state index in [2.05, 4.69) is 0 Å². The summed E-state index contributed by atoms with van der Waals surface area (Å²) >= 11 is 0. The first-order valence-corrected chi connectivity index (χ1v) is 6.82. The predicted molar refractivity (Wildman–Crippen MR) is 75.2 cm³/mol. The molecule has 0 radical (unpaired) electrons. The minimum absolute atomic E-state index is 0.0602. The monoisotopic (exact) mass is 280 g/mol. The van der Waals surface area contributed by atoms with Crippen LogP contribution in [0.4, 0.5) is 0 Å². The normalized spacial score (nSPS) is 28.0. The molecule has 2 fully saturated rings. The average Bonchev–Trinajstić information content (AvgIpc) is 2.35. The van der Waals surface area contributed by atoms with Gasteiger partial charge in [0.2, 0.25) is 0 Å². The van der Waals surface area contributed by atoms with Crippen molar-refractivity contribution in [3.63, 3.8) is 0 Å². The van der Waals surface area contributed by atoms with Gasteiger partial charge in [0, 0.05) is 0 Å². The molecule has 0 aromatic heterocycles. The van der Waals surface area contributed by atoms with Crippen molar-refractivity contribution in [2.24, 2.45) is 21.7 Å². The van der Waals surface area contributed by atoms with Gasteiger partial charge in [-0.15, -0.1) is 0 Å². The number of carbonyl (C=O) groups is 4. The van der Waals surface area contributed by atoms with Crippen LogP contribution in [0.1, 0.15) is 55.4 Å². The predicted octanol–water partition coefficient (Wildman–Crippen LogP) is 2.38. The summed E-state index contributed by atoms with van der Waals surface area (Å²) < 4.78 is 0. The maximum Gasteiger partial charge on any atom is 0.158 e. The van der Waals surface area contributed by atoms with Crippen LogP contribution in [0.25, 0.3) is 0 Å². The van der Waals surface area contributed by atoms with Gasteiger partial charge < -0.3 is 0 Å². The van der Waals surface area contributed by atoms with E-state index in [4.69, 9.17) is 0 Å². The van der Waals surface area contributed by atoms with Crippen LogP contribution in [0.2, 0.25) is 0 Å². The molecule has 0 atom stereocenters. The summed E-state index contributed by atoms with van der Waals surface area (Å²) in [4.78, 5) is 44.8. The molecular formula is C16H24O4. The number of carbonyl (C=O) groups excluding carboxylic acids is 4. The molecule has 2 rings (SSSR count). The van der Waals surface area contributed by atoms with Crippen molar-refractivity contribution in [2.45, 2.75) is 55.4 Å². The number of hydrogen-bond donors (Lipinski definition) is 0. The molecule has 20 heavy (non-hydrogen) atoms. The third-order valence-corrected chi connectivity index (χ3v) is 4.54. The molecule has 0 saturated heterocycles. The summed E-state index contributed by atoms with van der Waals surface area (Å²) in [6.45, 7) is 13.5. The zero-order chi connectivity index (χ0) is 16.3. The lowest BCUT2D eigenvalue weighted by Crippen LogP contribution is -2.61. The molecule has 0 N–H and O–H groups in total. The lowest BCUT2D eigenvalue weighted by Gasteiger charge is -2.44. The Morgan fingerprint density at radius 1 is 0.400 bits per heavy atom. The molecule has 0 unspecified atom stereocenters. The third-order valence-electron chi connectivity index (χ3n) is 4.54. The highest BCUT2D eigenvalue weighted by atomic mass is 16.2. The fraction of sp³-hybridized carbons (Fsp3) is 0.750. The molecule has 0 aromatic rings. The van der Waals surface area contributed by atoms with Crippen molar-refractivity contribution in [1.82, 2.24) is 0 Å². The number of Topliss-reactive ketones (excluding diaryl/α,β-unsaturated/α-hetero) is 4. The Bertz CT molecular complexity index is 391. The van der Waals surface area contributed by atoms with Gasteiger partial charge in [0.1, 0.15) is 0 Å². The standard InChI is InChI=1S/2C8H12O2/c2*1-7(2)5(9)8(3,4)6(7)10/h2*1-4H3. The SMILES string of the molecule is CC1(C)C(=O)C(C)(C)C1=O.CC1(C)C(=O)C(C)(C)C1=O. The van der Waals surface area contributed by atoms with Gasteiger partial charge in [-0.05, 0) is 55.4 Å². The molecule has 2 aliphatic carbocycles. The Labute approximate surface area is 120 Å². The lowest BCUT2D eigenvalue weighted by atomic mass is 9.54. The molecule has 0 bridgehead atoms. The summed E-state index contributed by atoms with van der Waals surface area (Å²) in [5.74, 6) is 0.241. The summed E-state index contributed by atoms with van der Waals surface area (Å²) in [5, 5.41) is 0. The Balaban J connectivity index is 0.000000200. The number of rotatable bonds is 0. The van der Waals surface area contributed by atoms with Gasteiger partial charge >= 0.3 is 0 Å². The molecule has 4 nitrogen and oxygen atoms in total. The molecule has 2 saturated carbocycles. The molecule has 4 heteroatoms. The van der Waals surface area contributed by atoms with E-state index in [1.165, 1.54) is 0 Å². The van der Waals surface area contributed by atoms with Gasteiger partial charge in [0.15, 0.2) is 23.1 Å². The van der Waals surface area contributed by atoms with E-state index in [-0.39, 0.29) is 23.1 Å². The summed E-state index contributed by atoms with van der Waals surface area (Å²) in [6, 6.07) is 0. The molecule has 0 amide bonds. The molecular weight excluding hydrogens is 256 g/mol. The Morgan fingerprint density at radius 2 is 0.500 bits per heavy atom. The van der Waals surface area contributed by atoms with Crippen LogP contribution in [0.5, 0.6) is 0 Å². The van der Waals surface area contributed by atoms with Gasteiger partial charge in [-0.3, -0.25) is 19.2 Å². The molecule has 0 aliphatic heterocycles. The fourth-order valence-electron chi connectivity index (χ4n) is 3.41. The van der Waals surface area contributed by atoms with Gasteiger partial charge in [0.25, 0.3) is 0 Å². The van der Waals surface area contributed by atoms with E-state index < -0.39 is 21.7 Å². The molecule has 0 spiro atoms. The van der Waals surface area contributed by atoms with Crippen LogP contribution in [-0.2, 0) is 19.2 Å². The van der Waals surface area contributed by atoms with Crippen LogP contribution in [0, 0.1) is 21.7 Å². The Morgan fingerprint density at radius 3 is 0.550 bits per heavy atom. The van der Waals surface area contributed by atoms with E-state index >= 15 is 0 Å². The average molecular weight is 280 g/mol. The van der Waals surface area contributed by atoms with Gasteiger partial charge in [-0.1, -0.05) is 0 Å². The summed E-state index contributed by atoms with van der Waals surface area (Å²) in [7, 11) is 0. The van der Waals surface area contributed by atoms with Gasteiger partial charge in [-0.2, -0.15) is 0 Å². The van der Waals surface area contributed by atoms with E-state index in [0.29, 0.717) is 0 Å². The first kappa shape index (κ1) is 16.7. The first-order valence-electron chi connectivity index (χ1n) is 6.82. The van der Waals surface area contributed by atoms with Crippen LogP contribution in [-0.4, -0.2) is 23.1 Å². The van der Waals surface area contributed by atoms with Crippen molar-refractivity contribution in [1.29, 1.82) is 0 Å². The summed E-state index contributed by atoms with van der Waals surface area (Å²) in [6.07, 6.45) is 0. The van der Waals surface area contributed by atoms with Crippen LogP contribution in [0.3, 0.4) is 0 Å². The molecule has 112 valence electrons. The van der Waals surface area contributed by atoms with Gasteiger partial charge in [0.05, 0.1) is 21.7 Å². The van der Waals surface area contributed by atoms with E-state index in [1.807, 2.05) is 0 Å². The van der Waals surface area contributed by atoms with Crippen molar-refractivity contribution in [2.75, 3.05) is 0 Å². The number of hydrogen-bond acceptors (Lipinski definition) is 4. The van der Waals surface area contributed by atoms with E-state index in [9.17, 15) is 19.2 Å². The lowest BCUT2D eigenvalue weighted by molar-refractivity contribution is -0.166. The second kappa shape index (κ2) is 4.09. The van der Waals surface area contributed by atoms with E-state index in [1.54, 1.807) is 55.4 Å². The maximum absolute atomic E-state index is 11.2. The maximum atomic E-state index is 11.2. The zero-order valence-corrected chi connectivity index (χ0v) is 13.6.